The molecule has 0 saturated carbocycles. The van der Waals surface area contributed by atoms with Gasteiger partial charge < -0.3 is 19.5 Å². The van der Waals surface area contributed by atoms with E-state index >= 15 is 0 Å². The maximum Gasteiger partial charge on any atom is 0.333 e. The molecule has 1 aromatic carbocycles. The van der Waals surface area contributed by atoms with Crippen molar-refractivity contribution in [1.82, 2.24) is 4.90 Å². The number of carbonyl (C=O) groups excluding carboxylic acids is 1. The molecule has 2 aliphatic rings. The van der Waals surface area contributed by atoms with Crippen LogP contribution in [0.1, 0.15) is 18.9 Å². The number of carboxylic acid groups (broad SMARTS) is 1. The van der Waals surface area contributed by atoms with Crippen LogP contribution in [0.15, 0.2) is 29.5 Å². The van der Waals surface area contributed by atoms with Crippen LogP contribution in [-0.2, 0) is 16.1 Å². The fraction of sp³-hybridized carbons (Fsp3) is 0.286. The SMILES string of the molecule is CC1=C(C(=O)O)CC(=O)N1Cc1ccc2c(c1)OCO2. The molecule has 3 rings (SSSR count). The zero-order chi connectivity index (χ0) is 14.3. The third kappa shape index (κ3) is 1.99. The van der Waals surface area contributed by atoms with Crippen LogP contribution in [0.25, 0.3) is 0 Å². The number of allylic oxidation sites excluding steroid dienone is 1. The highest BCUT2D eigenvalue weighted by Crippen LogP contribution is 2.34. The molecule has 0 aromatic heterocycles. The van der Waals surface area contributed by atoms with Crippen molar-refractivity contribution in [2.24, 2.45) is 0 Å². The van der Waals surface area contributed by atoms with E-state index in [-0.39, 0.29) is 24.7 Å². The summed E-state index contributed by atoms with van der Waals surface area (Å²) >= 11 is 0. The number of fused-ring (bicyclic) bond motifs is 1. The normalized spacial score (nSPS) is 17.1. The van der Waals surface area contributed by atoms with Gasteiger partial charge in [0.15, 0.2) is 11.5 Å². The molecule has 2 heterocycles. The van der Waals surface area contributed by atoms with Crippen LogP contribution in [0.3, 0.4) is 0 Å². The van der Waals surface area contributed by atoms with Gasteiger partial charge in [-0.2, -0.15) is 0 Å². The molecule has 1 N–H and O–H groups in total. The number of rotatable bonds is 3. The molecule has 6 nitrogen and oxygen atoms in total. The van der Waals surface area contributed by atoms with Crippen LogP contribution in [0.2, 0.25) is 0 Å². The monoisotopic (exact) mass is 275 g/mol. The molecule has 0 bridgehead atoms. The zero-order valence-electron chi connectivity index (χ0n) is 10.9. The molecule has 6 heteroatoms. The summed E-state index contributed by atoms with van der Waals surface area (Å²) < 4.78 is 10.5. The Morgan fingerprint density at radius 3 is 2.80 bits per heavy atom. The second kappa shape index (κ2) is 4.56. The summed E-state index contributed by atoms with van der Waals surface area (Å²) in [6.07, 6.45) is -0.0499. The smallest absolute Gasteiger partial charge is 0.333 e. The topological polar surface area (TPSA) is 76.1 Å². The van der Waals surface area contributed by atoms with Gasteiger partial charge in [0.25, 0.3) is 0 Å². The van der Waals surface area contributed by atoms with E-state index in [0.29, 0.717) is 23.7 Å². The fourth-order valence-corrected chi connectivity index (χ4v) is 2.38. The summed E-state index contributed by atoms with van der Waals surface area (Å²) in [5.74, 6) is 0.0934. The number of aliphatic carboxylic acids is 1. The first-order chi connectivity index (χ1) is 9.56. The lowest BCUT2D eigenvalue weighted by Crippen LogP contribution is -2.23. The highest BCUT2D eigenvalue weighted by atomic mass is 16.7. The van der Waals surface area contributed by atoms with Gasteiger partial charge in [0.05, 0.1) is 18.5 Å². The number of amides is 1. The highest BCUT2D eigenvalue weighted by Gasteiger charge is 2.31. The molecule has 0 radical (unpaired) electrons. The molecule has 20 heavy (non-hydrogen) atoms. The van der Waals surface area contributed by atoms with Gasteiger partial charge in [-0.1, -0.05) is 6.07 Å². The Kier molecular flexibility index (Phi) is 2.85. The average Bonchev–Trinajstić information content (AvgIpc) is 2.97. The number of hydrogen-bond acceptors (Lipinski definition) is 4. The Balaban J connectivity index is 1.84. The van der Waals surface area contributed by atoms with Gasteiger partial charge in [0.1, 0.15) is 0 Å². The van der Waals surface area contributed by atoms with Crippen molar-refractivity contribution in [2.75, 3.05) is 6.79 Å². The largest absolute Gasteiger partial charge is 0.478 e. The van der Waals surface area contributed by atoms with Crippen molar-refractivity contribution in [3.05, 3.63) is 35.0 Å². The number of benzene rings is 1. The summed E-state index contributed by atoms with van der Waals surface area (Å²) in [4.78, 5) is 24.4. The molecule has 0 saturated heterocycles. The average molecular weight is 275 g/mol. The molecule has 0 spiro atoms. The van der Waals surface area contributed by atoms with Crippen LogP contribution in [0.4, 0.5) is 0 Å². The minimum Gasteiger partial charge on any atom is -0.478 e. The van der Waals surface area contributed by atoms with Crippen LogP contribution in [0, 0.1) is 0 Å². The Morgan fingerprint density at radius 1 is 1.35 bits per heavy atom. The standard InChI is InChI=1S/C14H13NO5/c1-8-10(14(17)18)5-13(16)15(8)6-9-2-3-11-12(4-9)20-7-19-11/h2-4H,5-7H2,1H3,(H,17,18). The van der Waals surface area contributed by atoms with E-state index in [2.05, 4.69) is 0 Å². The maximum atomic E-state index is 11.9. The number of carboxylic acids is 1. The van der Waals surface area contributed by atoms with E-state index in [0.717, 1.165) is 5.56 Å². The zero-order valence-corrected chi connectivity index (χ0v) is 10.9. The lowest BCUT2D eigenvalue weighted by atomic mass is 10.2. The quantitative estimate of drug-likeness (QED) is 0.904. The second-order valence-electron chi connectivity index (χ2n) is 4.71. The van der Waals surface area contributed by atoms with Crippen LogP contribution in [-0.4, -0.2) is 28.7 Å². The van der Waals surface area contributed by atoms with E-state index in [1.807, 2.05) is 12.1 Å². The van der Waals surface area contributed by atoms with Crippen molar-refractivity contribution in [3.8, 4) is 11.5 Å². The van der Waals surface area contributed by atoms with Gasteiger partial charge in [0, 0.05) is 5.70 Å². The number of carbonyl (C=O) groups is 2. The van der Waals surface area contributed by atoms with Gasteiger partial charge in [-0.15, -0.1) is 0 Å². The molecule has 0 fully saturated rings. The first-order valence-electron chi connectivity index (χ1n) is 6.18. The summed E-state index contributed by atoms with van der Waals surface area (Å²) in [7, 11) is 0. The van der Waals surface area contributed by atoms with Gasteiger partial charge in [0.2, 0.25) is 12.7 Å². The Morgan fingerprint density at radius 2 is 2.10 bits per heavy atom. The minimum absolute atomic E-state index is 0.0499. The lowest BCUT2D eigenvalue weighted by molar-refractivity contribution is -0.134. The van der Waals surface area contributed by atoms with Crippen molar-refractivity contribution in [1.29, 1.82) is 0 Å². The number of ether oxygens (including phenoxy) is 2. The summed E-state index contributed by atoms with van der Waals surface area (Å²) in [6.45, 7) is 2.18. The fourth-order valence-electron chi connectivity index (χ4n) is 2.38. The van der Waals surface area contributed by atoms with E-state index in [9.17, 15) is 9.59 Å². The summed E-state index contributed by atoms with van der Waals surface area (Å²) in [5, 5.41) is 9.04. The molecule has 0 atom stereocenters. The maximum absolute atomic E-state index is 11.9. The predicted octanol–water partition coefficient (Wildman–Crippen LogP) is 1.51. The van der Waals surface area contributed by atoms with E-state index in [1.54, 1.807) is 13.0 Å². The molecule has 0 unspecified atom stereocenters. The number of hydrogen-bond donors (Lipinski definition) is 1. The first kappa shape index (κ1) is 12.5. The minimum atomic E-state index is -1.04. The molecular weight excluding hydrogens is 262 g/mol. The van der Waals surface area contributed by atoms with Gasteiger partial charge in [-0.05, 0) is 24.6 Å². The van der Waals surface area contributed by atoms with Crippen molar-refractivity contribution in [3.63, 3.8) is 0 Å². The Bertz CT molecular complexity index is 634. The van der Waals surface area contributed by atoms with Crippen LogP contribution < -0.4 is 9.47 Å². The van der Waals surface area contributed by atoms with Gasteiger partial charge in [-0.25, -0.2) is 4.79 Å². The first-order valence-corrected chi connectivity index (χ1v) is 6.18. The third-order valence-corrected chi connectivity index (χ3v) is 3.51. The Labute approximate surface area is 115 Å². The predicted molar refractivity (Wildman–Crippen MR) is 68.1 cm³/mol. The molecule has 0 aliphatic carbocycles. The lowest BCUT2D eigenvalue weighted by Gasteiger charge is -2.18. The van der Waals surface area contributed by atoms with E-state index in [4.69, 9.17) is 14.6 Å². The van der Waals surface area contributed by atoms with Crippen LogP contribution in [0.5, 0.6) is 11.5 Å². The van der Waals surface area contributed by atoms with E-state index in [1.165, 1.54) is 4.90 Å². The van der Waals surface area contributed by atoms with Crippen molar-refractivity contribution < 1.29 is 24.2 Å². The molecule has 104 valence electrons. The Hall–Kier alpha value is -2.50. The molecule has 1 amide bonds. The summed E-state index contributed by atoms with van der Waals surface area (Å²) in [5.41, 5.74) is 1.53. The van der Waals surface area contributed by atoms with E-state index < -0.39 is 5.97 Å². The molecule has 1 aromatic rings. The third-order valence-electron chi connectivity index (χ3n) is 3.51. The van der Waals surface area contributed by atoms with Crippen molar-refractivity contribution in [2.45, 2.75) is 19.9 Å². The highest BCUT2D eigenvalue weighted by molar-refractivity contribution is 5.99. The molecule has 2 aliphatic heterocycles. The number of nitrogens with zero attached hydrogens (tertiary/aromatic N) is 1. The molecular formula is C14H13NO5. The van der Waals surface area contributed by atoms with Gasteiger partial charge >= 0.3 is 5.97 Å². The second-order valence-corrected chi connectivity index (χ2v) is 4.71. The van der Waals surface area contributed by atoms with Crippen LogP contribution >= 0.6 is 0 Å². The summed E-state index contributed by atoms with van der Waals surface area (Å²) in [6, 6.07) is 5.43. The van der Waals surface area contributed by atoms with Gasteiger partial charge in [-0.3, -0.25) is 4.79 Å². The van der Waals surface area contributed by atoms with Crippen molar-refractivity contribution >= 4 is 11.9 Å².